The summed E-state index contributed by atoms with van der Waals surface area (Å²) in [7, 11) is 0. The van der Waals surface area contributed by atoms with Crippen molar-refractivity contribution < 1.29 is 56.5 Å². The Labute approximate surface area is 134 Å². The van der Waals surface area contributed by atoms with Gasteiger partial charge in [-0.1, -0.05) is 53.2 Å². The number of hydrogen-bond acceptors (Lipinski definition) is 1. The van der Waals surface area contributed by atoms with Crippen molar-refractivity contribution in [3.8, 4) is 5.75 Å². The first-order chi connectivity index (χ1) is 6.20. The zero-order chi connectivity index (χ0) is 9.42. The fourth-order valence-electron chi connectivity index (χ4n) is 1.27. The zero-order valence-corrected chi connectivity index (χ0v) is 12.2. The molecule has 0 saturated carbocycles. The molecule has 0 N–H and O–H groups in total. The van der Waals surface area contributed by atoms with Crippen LogP contribution in [0.2, 0.25) is 10.0 Å². The van der Waals surface area contributed by atoms with Gasteiger partial charge in [0, 0.05) is 10.0 Å². The number of hydrogen-bond donors (Lipinski definition) is 0. The maximum atomic E-state index is 11.5. The fourth-order valence-corrected chi connectivity index (χ4v) is 1.81. The van der Waals surface area contributed by atoms with E-state index in [1.54, 1.807) is 18.2 Å². The zero-order valence-electron chi connectivity index (χ0n) is 7.55. The second kappa shape index (κ2) is 5.17. The third kappa shape index (κ3) is 2.27. The Bertz CT molecular complexity index is 471. The fraction of sp³-hybridized carbons (Fsp3) is 0. The van der Waals surface area contributed by atoms with E-state index in [0.717, 1.165) is 5.39 Å². The molecule has 0 radical (unpaired) electrons. The Kier molecular flexibility index (Phi) is 4.72. The molecule has 0 fully saturated rings. The first-order valence-corrected chi connectivity index (χ1v) is 4.49. The van der Waals surface area contributed by atoms with Crippen LogP contribution in [0.5, 0.6) is 5.75 Å². The predicted octanol–water partition coefficient (Wildman–Crippen LogP) is 0.224. The van der Waals surface area contributed by atoms with Gasteiger partial charge in [0.1, 0.15) is 0 Å². The van der Waals surface area contributed by atoms with Crippen molar-refractivity contribution >= 4 is 34.0 Å². The van der Waals surface area contributed by atoms with E-state index in [1.165, 1.54) is 6.07 Å². The van der Waals surface area contributed by atoms with Gasteiger partial charge in [-0.2, -0.15) is 0 Å². The van der Waals surface area contributed by atoms with E-state index in [4.69, 9.17) is 23.2 Å². The van der Waals surface area contributed by atoms with Crippen LogP contribution in [0.25, 0.3) is 10.8 Å². The monoisotopic (exact) mass is 250 g/mol. The normalized spacial score (nSPS) is 9.86. The summed E-state index contributed by atoms with van der Waals surface area (Å²) in [6, 6.07) is 8.62. The third-order valence-electron chi connectivity index (χ3n) is 1.90. The molecule has 0 bridgehead atoms. The summed E-state index contributed by atoms with van der Waals surface area (Å²) in [5, 5.41) is 13.5. The van der Waals surface area contributed by atoms with E-state index in [9.17, 15) is 5.11 Å². The molecule has 0 aliphatic carbocycles. The second-order valence-electron chi connectivity index (χ2n) is 2.71. The first-order valence-electron chi connectivity index (χ1n) is 3.74. The van der Waals surface area contributed by atoms with Crippen LogP contribution >= 0.6 is 23.2 Å². The van der Waals surface area contributed by atoms with Crippen molar-refractivity contribution in [2.24, 2.45) is 0 Å². The van der Waals surface area contributed by atoms with E-state index in [2.05, 4.69) is 0 Å². The maximum Gasteiger partial charge on any atom is 1.00 e. The van der Waals surface area contributed by atoms with Gasteiger partial charge >= 0.3 is 51.4 Å². The molecule has 0 heterocycles. The summed E-state index contributed by atoms with van der Waals surface area (Å²) in [6.07, 6.45) is 0. The van der Waals surface area contributed by atoms with Crippen LogP contribution in [0, 0.1) is 0 Å². The van der Waals surface area contributed by atoms with Gasteiger partial charge in [0.25, 0.3) is 0 Å². The minimum Gasteiger partial charge on any atom is -0.871 e. The number of benzene rings is 2. The summed E-state index contributed by atoms with van der Waals surface area (Å²) in [5.74, 6) is -0.165. The molecule has 0 unspecified atom stereocenters. The van der Waals surface area contributed by atoms with Crippen molar-refractivity contribution in [3.05, 3.63) is 40.4 Å². The van der Waals surface area contributed by atoms with Gasteiger partial charge in [0.2, 0.25) is 0 Å². The van der Waals surface area contributed by atoms with Crippen molar-refractivity contribution in [2.45, 2.75) is 0 Å². The van der Waals surface area contributed by atoms with E-state index in [0.29, 0.717) is 10.4 Å². The molecule has 0 saturated heterocycles. The molecule has 1 nitrogen and oxygen atoms in total. The van der Waals surface area contributed by atoms with Gasteiger partial charge in [-0.25, -0.2) is 0 Å². The second-order valence-corrected chi connectivity index (χ2v) is 3.53. The molecule has 4 heteroatoms. The Hall–Kier alpha value is 0.716. The molecule has 0 aromatic heterocycles. The number of halogens is 2. The van der Waals surface area contributed by atoms with Gasteiger partial charge < -0.3 is 5.11 Å². The van der Waals surface area contributed by atoms with Crippen LogP contribution in [0.1, 0.15) is 0 Å². The molecule has 14 heavy (non-hydrogen) atoms. The summed E-state index contributed by atoms with van der Waals surface area (Å²) < 4.78 is 0. The largest absolute Gasteiger partial charge is 1.00 e. The molecule has 66 valence electrons. The Balaban J connectivity index is 0.000000980. The van der Waals surface area contributed by atoms with Gasteiger partial charge in [-0.15, -0.1) is 0 Å². The summed E-state index contributed by atoms with van der Waals surface area (Å²) >= 11 is 11.6. The van der Waals surface area contributed by atoms with Crippen LogP contribution < -0.4 is 56.5 Å². The first kappa shape index (κ1) is 12.8. The van der Waals surface area contributed by atoms with E-state index >= 15 is 0 Å². The molecule has 0 aliphatic rings. The van der Waals surface area contributed by atoms with Crippen LogP contribution in [-0.2, 0) is 0 Å². The molecular weight excluding hydrogens is 246 g/mol. The van der Waals surface area contributed by atoms with E-state index in [-0.39, 0.29) is 62.2 Å². The maximum absolute atomic E-state index is 11.5. The average molecular weight is 251 g/mol. The smallest absolute Gasteiger partial charge is 0.871 e. The summed E-state index contributed by atoms with van der Waals surface area (Å²) in [4.78, 5) is 0. The van der Waals surface area contributed by atoms with Crippen LogP contribution in [0.15, 0.2) is 30.3 Å². The molecule has 0 aliphatic heterocycles. The molecular formula is C10H5Cl2KO. The molecule has 0 atom stereocenters. The summed E-state index contributed by atoms with van der Waals surface area (Å²) in [5.41, 5.74) is 0. The molecule has 2 aromatic carbocycles. The minimum atomic E-state index is -0.165. The Morgan fingerprint density at radius 2 is 1.50 bits per heavy atom. The molecule has 0 amide bonds. The molecule has 2 rings (SSSR count). The molecule has 0 spiro atoms. The van der Waals surface area contributed by atoms with Gasteiger partial charge in [0.15, 0.2) is 0 Å². The summed E-state index contributed by atoms with van der Waals surface area (Å²) in [6.45, 7) is 0. The van der Waals surface area contributed by atoms with Crippen LogP contribution in [-0.4, -0.2) is 0 Å². The van der Waals surface area contributed by atoms with Crippen LogP contribution in [0.4, 0.5) is 0 Å². The Morgan fingerprint density at radius 3 is 2.14 bits per heavy atom. The topological polar surface area (TPSA) is 23.1 Å². The van der Waals surface area contributed by atoms with Crippen molar-refractivity contribution in [1.29, 1.82) is 0 Å². The number of rotatable bonds is 0. The van der Waals surface area contributed by atoms with Crippen molar-refractivity contribution in [1.82, 2.24) is 0 Å². The quantitative estimate of drug-likeness (QED) is 0.614. The average Bonchev–Trinajstić information content (AvgIpc) is 2.15. The standard InChI is InChI=1S/C10H6Cl2O.K/c11-8-5-9(12)10(13)7-4-2-1-3-6(7)8;/h1-5,13H;/q;+1/p-1. The van der Waals surface area contributed by atoms with Gasteiger partial charge in [-0.05, 0) is 16.8 Å². The van der Waals surface area contributed by atoms with Crippen LogP contribution in [0.3, 0.4) is 0 Å². The third-order valence-corrected chi connectivity index (χ3v) is 2.49. The Morgan fingerprint density at radius 1 is 0.929 bits per heavy atom. The van der Waals surface area contributed by atoms with Crippen molar-refractivity contribution in [2.75, 3.05) is 0 Å². The van der Waals surface area contributed by atoms with Crippen molar-refractivity contribution in [3.63, 3.8) is 0 Å². The SMILES string of the molecule is [K+].[O-]c1c(Cl)cc(Cl)c2ccccc12. The van der Waals surface area contributed by atoms with E-state index < -0.39 is 0 Å². The minimum absolute atomic E-state index is 0. The molecule has 2 aromatic rings. The van der Waals surface area contributed by atoms with Gasteiger partial charge in [0.05, 0.1) is 0 Å². The van der Waals surface area contributed by atoms with E-state index in [1.807, 2.05) is 6.07 Å². The predicted molar refractivity (Wildman–Crippen MR) is 53.4 cm³/mol. The number of fused-ring (bicyclic) bond motifs is 1. The van der Waals surface area contributed by atoms with Gasteiger partial charge in [-0.3, -0.25) is 0 Å².